The third kappa shape index (κ3) is 1.27. The summed E-state index contributed by atoms with van der Waals surface area (Å²) in [6, 6.07) is 6.94. The van der Waals surface area contributed by atoms with Crippen molar-refractivity contribution in [3.63, 3.8) is 0 Å². The van der Waals surface area contributed by atoms with Gasteiger partial charge < -0.3 is 9.84 Å². The first kappa shape index (κ1) is 10.2. The van der Waals surface area contributed by atoms with Gasteiger partial charge in [-0.2, -0.15) is 0 Å². The Morgan fingerprint density at radius 1 is 1.27 bits per heavy atom. The second kappa shape index (κ2) is 2.83. The molecule has 0 bridgehead atoms. The highest BCUT2D eigenvalue weighted by molar-refractivity contribution is 5.94. The molecule has 0 saturated heterocycles. The molecule has 1 atom stereocenters. The quantitative estimate of drug-likeness (QED) is 0.661. The van der Waals surface area contributed by atoms with Crippen molar-refractivity contribution >= 4 is 5.97 Å². The van der Waals surface area contributed by atoms with E-state index in [0.29, 0.717) is 11.1 Å². The van der Waals surface area contributed by atoms with Crippen molar-refractivity contribution in [1.29, 1.82) is 0 Å². The molecular weight excluding hydrogens is 192 g/mol. The molecule has 1 N–H and O–H groups in total. The number of hydrogen-bond donors (Lipinski definition) is 1. The number of benzene rings is 1. The van der Waals surface area contributed by atoms with Crippen molar-refractivity contribution in [2.75, 3.05) is 0 Å². The van der Waals surface area contributed by atoms with E-state index in [-0.39, 0.29) is 0 Å². The Labute approximate surface area is 88.7 Å². The van der Waals surface area contributed by atoms with E-state index in [4.69, 9.17) is 4.74 Å². The van der Waals surface area contributed by atoms with Crippen LogP contribution in [0.4, 0.5) is 0 Å². The van der Waals surface area contributed by atoms with Gasteiger partial charge >= 0.3 is 5.97 Å². The Morgan fingerprint density at radius 2 is 1.87 bits per heavy atom. The Morgan fingerprint density at radius 3 is 2.47 bits per heavy atom. The Bertz CT molecular complexity index is 417. The lowest BCUT2D eigenvalue weighted by Gasteiger charge is -2.35. The first-order valence-corrected chi connectivity index (χ1v) is 4.91. The Balaban J connectivity index is 2.63. The molecule has 1 aromatic rings. The van der Waals surface area contributed by atoms with Gasteiger partial charge in [0.25, 0.3) is 0 Å². The lowest BCUT2D eigenvalue weighted by atomic mass is 9.81. The molecule has 0 amide bonds. The Hall–Kier alpha value is -1.35. The molecule has 1 aromatic carbocycles. The van der Waals surface area contributed by atoms with Crippen molar-refractivity contribution < 1.29 is 14.6 Å². The zero-order valence-corrected chi connectivity index (χ0v) is 9.07. The van der Waals surface area contributed by atoms with Crippen LogP contribution in [-0.4, -0.2) is 11.1 Å². The first-order chi connectivity index (χ1) is 6.86. The third-order valence-corrected chi connectivity index (χ3v) is 2.77. The number of ether oxygens (including phenoxy) is 1. The Kier molecular flexibility index (Phi) is 1.92. The predicted molar refractivity (Wildman–Crippen MR) is 55.2 cm³/mol. The molecule has 0 radical (unpaired) electrons. The van der Waals surface area contributed by atoms with Crippen LogP contribution < -0.4 is 0 Å². The topological polar surface area (TPSA) is 46.5 Å². The average molecular weight is 206 g/mol. The van der Waals surface area contributed by atoms with Gasteiger partial charge in [-0.15, -0.1) is 0 Å². The maximum atomic E-state index is 11.5. The second-order valence-electron chi connectivity index (χ2n) is 4.83. The molecule has 2 rings (SSSR count). The van der Waals surface area contributed by atoms with E-state index >= 15 is 0 Å². The van der Waals surface area contributed by atoms with E-state index in [1.54, 1.807) is 24.3 Å². The van der Waals surface area contributed by atoms with E-state index in [9.17, 15) is 9.90 Å². The molecule has 15 heavy (non-hydrogen) atoms. The summed E-state index contributed by atoms with van der Waals surface area (Å²) in [4.78, 5) is 11.5. The van der Waals surface area contributed by atoms with Crippen molar-refractivity contribution in [2.45, 2.75) is 26.6 Å². The van der Waals surface area contributed by atoms with Crippen molar-refractivity contribution in [3.05, 3.63) is 35.4 Å². The van der Waals surface area contributed by atoms with E-state index in [0.717, 1.165) is 0 Å². The summed E-state index contributed by atoms with van der Waals surface area (Å²) in [5.41, 5.74) is 0.465. The van der Waals surface area contributed by atoms with Crippen LogP contribution in [-0.2, 0) is 10.5 Å². The van der Waals surface area contributed by atoms with E-state index in [1.165, 1.54) is 0 Å². The summed E-state index contributed by atoms with van der Waals surface area (Å²) in [6.07, 6.45) is 0. The average Bonchev–Trinajstić information content (AvgIpc) is 2.41. The highest BCUT2D eigenvalue weighted by Gasteiger charge is 2.52. The SMILES string of the molecule is CC(C)(C)[C@@]1(O)OC(=O)c2ccccc21. The fraction of sp³-hybridized carbons (Fsp3) is 0.417. The van der Waals surface area contributed by atoms with Gasteiger partial charge in [0, 0.05) is 11.0 Å². The van der Waals surface area contributed by atoms with Crippen molar-refractivity contribution in [1.82, 2.24) is 0 Å². The number of carbonyl (C=O) groups is 1. The number of rotatable bonds is 0. The summed E-state index contributed by atoms with van der Waals surface area (Å²) < 4.78 is 5.10. The molecule has 0 saturated carbocycles. The lowest BCUT2D eigenvalue weighted by molar-refractivity contribution is -0.228. The van der Waals surface area contributed by atoms with Gasteiger partial charge in [0.1, 0.15) is 0 Å². The summed E-state index contributed by atoms with van der Waals surface area (Å²) in [6.45, 7) is 5.51. The molecule has 0 aliphatic carbocycles. The molecule has 0 spiro atoms. The van der Waals surface area contributed by atoms with Crippen LogP contribution in [0, 0.1) is 5.41 Å². The highest BCUT2D eigenvalue weighted by atomic mass is 16.7. The largest absolute Gasteiger partial charge is 0.425 e. The van der Waals surface area contributed by atoms with Gasteiger partial charge in [-0.3, -0.25) is 0 Å². The number of fused-ring (bicyclic) bond motifs is 1. The summed E-state index contributed by atoms with van der Waals surface area (Å²) in [7, 11) is 0. The minimum Gasteiger partial charge on any atom is -0.425 e. The summed E-state index contributed by atoms with van der Waals surface area (Å²) in [5.74, 6) is -1.97. The third-order valence-electron chi connectivity index (χ3n) is 2.77. The zero-order chi connectivity index (χ0) is 11.3. The van der Waals surface area contributed by atoms with Gasteiger partial charge in [0.2, 0.25) is 5.79 Å². The van der Waals surface area contributed by atoms with E-state index < -0.39 is 17.2 Å². The molecule has 80 valence electrons. The fourth-order valence-corrected chi connectivity index (χ4v) is 1.76. The molecular formula is C12H14O3. The summed E-state index contributed by atoms with van der Waals surface area (Å²) in [5, 5.41) is 10.4. The molecule has 0 fully saturated rings. The zero-order valence-electron chi connectivity index (χ0n) is 9.07. The van der Waals surface area contributed by atoms with E-state index in [2.05, 4.69) is 0 Å². The fourth-order valence-electron chi connectivity index (χ4n) is 1.76. The molecule has 1 aliphatic heterocycles. The van der Waals surface area contributed by atoms with Crippen molar-refractivity contribution in [2.24, 2.45) is 5.41 Å². The molecule has 1 heterocycles. The smallest absolute Gasteiger partial charge is 0.341 e. The van der Waals surface area contributed by atoms with Crippen LogP contribution in [0.25, 0.3) is 0 Å². The highest BCUT2D eigenvalue weighted by Crippen LogP contribution is 2.46. The summed E-state index contributed by atoms with van der Waals surface area (Å²) >= 11 is 0. The van der Waals surface area contributed by atoms with Crippen molar-refractivity contribution in [3.8, 4) is 0 Å². The van der Waals surface area contributed by atoms with E-state index in [1.807, 2.05) is 20.8 Å². The molecule has 3 heteroatoms. The van der Waals surface area contributed by atoms with Crippen LogP contribution in [0.5, 0.6) is 0 Å². The maximum absolute atomic E-state index is 11.5. The molecule has 0 unspecified atom stereocenters. The lowest BCUT2D eigenvalue weighted by Crippen LogP contribution is -2.40. The van der Waals surface area contributed by atoms with Gasteiger partial charge in [-0.05, 0) is 6.07 Å². The van der Waals surface area contributed by atoms with Crippen LogP contribution in [0.15, 0.2) is 24.3 Å². The van der Waals surface area contributed by atoms with Gasteiger partial charge in [-0.1, -0.05) is 39.0 Å². The monoisotopic (exact) mass is 206 g/mol. The van der Waals surface area contributed by atoms with Gasteiger partial charge in [0.05, 0.1) is 5.56 Å². The second-order valence-corrected chi connectivity index (χ2v) is 4.83. The van der Waals surface area contributed by atoms with Crippen LogP contribution in [0.1, 0.15) is 36.7 Å². The molecule has 0 aromatic heterocycles. The number of carbonyl (C=O) groups excluding carboxylic acids is 1. The van der Waals surface area contributed by atoms with Crippen LogP contribution in [0.2, 0.25) is 0 Å². The predicted octanol–water partition coefficient (Wildman–Crippen LogP) is 2.05. The maximum Gasteiger partial charge on any atom is 0.341 e. The standard InChI is InChI=1S/C12H14O3/c1-11(2,3)12(14)9-7-5-4-6-8(9)10(13)15-12/h4-7,14H,1-3H3/t12-/m0/s1. The van der Waals surface area contributed by atoms with Gasteiger partial charge in [0.15, 0.2) is 0 Å². The molecule has 1 aliphatic rings. The minimum atomic E-state index is -1.51. The van der Waals surface area contributed by atoms with Crippen LogP contribution in [0.3, 0.4) is 0 Å². The number of cyclic esters (lactones) is 1. The normalized spacial score (nSPS) is 24.9. The number of esters is 1. The number of hydrogen-bond acceptors (Lipinski definition) is 3. The molecule has 3 nitrogen and oxygen atoms in total. The minimum absolute atomic E-state index is 0.454. The van der Waals surface area contributed by atoms with Gasteiger partial charge in [-0.25, -0.2) is 4.79 Å². The number of aliphatic hydroxyl groups is 1. The first-order valence-electron chi connectivity index (χ1n) is 4.91. The van der Waals surface area contributed by atoms with Crippen LogP contribution >= 0.6 is 0 Å².